The van der Waals surface area contributed by atoms with E-state index in [4.69, 9.17) is 9.47 Å². The van der Waals surface area contributed by atoms with Crippen LogP contribution in [0.2, 0.25) is 0 Å². The summed E-state index contributed by atoms with van der Waals surface area (Å²) in [5, 5.41) is 10.8. The van der Waals surface area contributed by atoms with Gasteiger partial charge in [0.2, 0.25) is 0 Å². The molecule has 0 heterocycles. The first-order valence-electron chi connectivity index (χ1n) is 10.5. The van der Waals surface area contributed by atoms with Gasteiger partial charge in [0.15, 0.2) is 6.29 Å². The first kappa shape index (κ1) is 20.9. The normalized spacial score (nSPS) is 33.2. The van der Waals surface area contributed by atoms with E-state index in [2.05, 4.69) is 32.9 Å². The Morgan fingerprint density at radius 3 is 2.48 bits per heavy atom. The Hall–Kier alpha value is -0.380. The highest BCUT2D eigenvalue weighted by molar-refractivity contribution is 4.98. The smallest absolute Gasteiger partial charge is 0.154 e. The van der Waals surface area contributed by atoms with Gasteiger partial charge in [-0.25, -0.2) is 0 Å². The third-order valence-electron chi connectivity index (χ3n) is 6.13. The summed E-state index contributed by atoms with van der Waals surface area (Å²) in [6, 6.07) is 0. The van der Waals surface area contributed by atoms with Gasteiger partial charge in [0.1, 0.15) is 0 Å². The fraction of sp³-hybridized carbons (Fsp3) is 0.909. The van der Waals surface area contributed by atoms with Crippen molar-refractivity contribution < 1.29 is 14.6 Å². The lowest BCUT2D eigenvalue weighted by atomic mass is 9.81. The van der Waals surface area contributed by atoms with Gasteiger partial charge >= 0.3 is 0 Å². The van der Waals surface area contributed by atoms with Crippen molar-refractivity contribution in [2.45, 2.75) is 85.0 Å². The molecule has 6 atom stereocenters. The monoisotopic (exact) mass is 352 g/mol. The van der Waals surface area contributed by atoms with Crippen molar-refractivity contribution in [3.63, 3.8) is 0 Å². The van der Waals surface area contributed by atoms with Crippen LogP contribution in [0.25, 0.3) is 0 Å². The van der Waals surface area contributed by atoms with E-state index in [9.17, 15) is 5.11 Å². The summed E-state index contributed by atoms with van der Waals surface area (Å²) >= 11 is 0. The second-order valence-electron chi connectivity index (χ2n) is 8.79. The highest BCUT2D eigenvalue weighted by atomic mass is 16.7. The zero-order valence-corrected chi connectivity index (χ0v) is 16.8. The Morgan fingerprint density at radius 2 is 1.80 bits per heavy atom. The molecule has 3 heteroatoms. The summed E-state index contributed by atoms with van der Waals surface area (Å²) in [6.07, 6.45) is 12.5. The summed E-state index contributed by atoms with van der Waals surface area (Å²) in [7, 11) is 0. The predicted molar refractivity (Wildman–Crippen MR) is 103 cm³/mol. The lowest BCUT2D eigenvalue weighted by Crippen LogP contribution is -2.29. The number of aliphatic hydroxyl groups is 1. The molecule has 2 aliphatic rings. The van der Waals surface area contributed by atoms with Crippen LogP contribution in [0.15, 0.2) is 12.2 Å². The summed E-state index contributed by atoms with van der Waals surface area (Å²) in [4.78, 5) is 0. The highest BCUT2D eigenvalue weighted by Gasteiger charge is 2.32. The van der Waals surface area contributed by atoms with Crippen molar-refractivity contribution in [2.24, 2.45) is 29.6 Å². The van der Waals surface area contributed by atoms with Gasteiger partial charge in [0.25, 0.3) is 0 Å². The van der Waals surface area contributed by atoms with Gasteiger partial charge in [-0.15, -0.1) is 0 Å². The van der Waals surface area contributed by atoms with Crippen molar-refractivity contribution in [2.75, 3.05) is 13.2 Å². The number of aliphatic hydroxyl groups excluding tert-OH is 1. The molecule has 1 N–H and O–H groups in total. The van der Waals surface area contributed by atoms with E-state index >= 15 is 0 Å². The molecule has 0 aromatic rings. The second-order valence-corrected chi connectivity index (χ2v) is 8.79. The maximum absolute atomic E-state index is 10.8. The molecule has 1 saturated carbocycles. The Labute approximate surface area is 155 Å². The zero-order valence-electron chi connectivity index (χ0n) is 16.8. The molecule has 5 unspecified atom stereocenters. The number of hydrogen-bond donors (Lipinski definition) is 1. The van der Waals surface area contributed by atoms with E-state index in [1.807, 2.05) is 6.92 Å². The Bertz CT molecular complexity index is 393. The Morgan fingerprint density at radius 1 is 1.04 bits per heavy atom. The highest BCUT2D eigenvalue weighted by Crippen LogP contribution is 2.37. The topological polar surface area (TPSA) is 38.7 Å². The molecule has 0 aliphatic heterocycles. The summed E-state index contributed by atoms with van der Waals surface area (Å²) < 4.78 is 11.7. The minimum Gasteiger partial charge on any atom is -0.392 e. The van der Waals surface area contributed by atoms with Crippen LogP contribution in [0.5, 0.6) is 0 Å². The zero-order chi connectivity index (χ0) is 18.2. The fourth-order valence-corrected chi connectivity index (χ4v) is 4.27. The first-order valence-corrected chi connectivity index (χ1v) is 10.5. The van der Waals surface area contributed by atoms with Crippen molar-refractivity contribution in [1.82, 2.24) is 0 Å². The number of ether oxygens (including phenoxy) is 2. The largest absolute Gasteiger partial charge is 0.392 e. The molecule has 0 radical (unpaired) electrons. The first-order chi connectivity index (χ1) is 12.0. The van der Waals surface area contributed by atoms with Crippen molar-refractivity contribution in [3.05, 3.63) is 12.2 Å². The van der Waals surface area contributed by atoms with E-state index in [-0.39, 0.29) is 12.4 Å². The van der Waals surface area contributed by atoms with Crippen LogP contribution >= 0.6 is 0 Å². The second kappa shape index (κ2) is 10.7. The molecule has 3 nitrogen and oxygen atoms in total. The molecule has 2 rings (SSSR count). The molecule has 0 spiro atoms. The van der Waals surface area contributed by atoms with Gasteiger partial charge in [-0.2, -0.15) is 0 Å². The fourth-order valence-electron chi connectivity index (χ4n) is 4.27. The van der Waals surface area contributed by atoms with Gasteiger partial charge in [-0.3, -0.25) is 0 Å². The van der Waals surface area contributed by atoms with E-state index in [1.54, 1.807) is 0 Å². The Kier molecular flexibility index (Phi) is 8.95. The van der Waals surface area contributed by atoms with Crippen LogP contribution in [-0.2, 0) is 9.47 Å². The summed E-state index contributed by atoms with van der Waals surface area (Å²) in [5.41, 5.74) is 0. The van der Waals surface area contributed by atoms with Crippen LogP contribution < -0.4 is 0 Å². The number of rotatable bonds is 8. The van der Waals surface area contributed by atoms with E-state index in [0.717, 1.165) is 38.9 Å². The minimum atomic E-state index is -0.156. The van der Waals surface area contributed by atoms with E-state index < -0.39 is 0 Å². The average molecular weight is 353 g/mol. The molecule has 0 aromatic carbocycles. The quantitative estimate of drug-likeness (QED) is 0.371. The molecule has 0 bridgehead atoms. The predicted octanol–water partition coefficient (Wildman–Crippen LogP) is 5.18. The lowest BCUT2D eigenvalue weighted by molar-refractivity contribution is -0.147. The standard InChI is InChI=1S/C22H40O3/c1-16(2)14-24-18(4)25-15-21-13-12-20(11-10-17(21)3)22(23)19-8-6-5-7-9-19/h6,8,16-23H,5,7,9-15H2,1-4H3/t17-,18?,19?,20?,21?,22?/m1/s1. The third kappa shape index (κ3) is 7.03. The van der Waals surface area contributed by atoms with Crippen LogP contribution in [0.3, 0.4) is 0 Å². The van der Waals surface area contributed by atoms with Crippen LogP contribution in [-0.4, -0.2) is 30.7 Å². The Balaban J connectivity index is 1.77. The maximum Gasteiger partial charge on any atom is 0.154 e. The van der Waals surface area contributed by atoms with Gasteiger partial charge in [0.05, 0.1) is 19.3 Å². The minimum absolute atomic E-state index is 0.119. The van der Waals surface area contributed by atoms with E-state index in [0.29, 0.717) is 29.6 Å². The van der Waals surface area contributed by atoms with Crippen LogP contribution in [0.4, 0.5) is 0 Å². The van der Waals surface area contributed by atoms with Crippen molar-refractivity contribution in [3.8, 4) is 0 Å². The molecule has 25 heavy (non-hydrogen) atoms. The molecule has 146 valence electrons. The molecule has 1 fully saturated rings. The summed E-state index contributed by atoms with van der Waals surface area (Å²) in [6.45, 7) is 10.2. The van der Waals surface area contributed by atoms with Gasteiger partial charge in [-0.05, 0) is 69.1 Å². The number of hydrogen-bond acceptors (Lipinski definition) is 3. The SMILES string of the molecule is CC(C)COC(C)OCC1CCC(C(O)C2C=CCCC2)CC[C@H]1C. The van der Waals surface area contributed by atoms with E-state index in [1.165, 1.54) is 19.3 Å². The van der Waals surface area contributed by atoms with Crippen molar-refractivity contribution in [1.29, 1.82) is 0 Å². The molecular weight excluding hydrogens is 312 g/mol. The molecule has 0 aromatic heterocycles. The van der Waals surface area contributed by atoms with Gasteiger partial charge < -0.3 is 14.6 Å². The maximum atomic E-state index is 10.8. The van der Waals surface area contributed by atoms with Crippen molar-refractivity contribution >= 4 is 0 Å². The average Bonchev–Trinajstić information content (AvgIpc) is 2.80. The molecule has 0 amide bonds. The molecule has 2 aliphatic carbocycles. The number of allylic oxidation sites excluding steroid dienone is 1. The lowest BCUT2D eigenvalue weighted by Gasteiger charge is -2.29. The van der Waals surface area contributed by atoms with Crippen LogP contribution in [0, 0.1) is 29.6 Å². The van der Waals surface area contributed by atoms with Gasteiger partial charge in [-0.1, -0.05) is 39.3 Å². The third-order valence-corrected chi connectivity index (χ3v) is 6.13. The van der Waals surface area contributed by atoms with Crippen LogP contribution in [0.1, 0.15) is 72.6 Å². The molecule has 0 saturated heterocycles. The summed E-state index contributed by atoms with van der Waals surface area (Å²) in [5.74, 6) is 2.63. The van der Waals surface area contributed by atoms with Gasteiger partial charge in [0, 0.05) is 5.92 Å². The molecular formula is C22H40O3.